The number of nitrogens with zero attached hydrogens (tertiary/aromatic N) is 2. The quantitative estimate of drug-likeness (QED) is 0.429. The van der Waals surface area contributed by atoms with Gasteiger partial charge in [-0.05, 0) is 42.7 Å². The zero-order chi connectivity index (χ0) is 28.1. The number of benzene rings is 2. The van der Waals surface area contributed by atoms with Crippen LogP contribution in [0.2, 0.25) is 10.0 Å². The maximum atomic E-state index is 13.5. The van der Waals surface area contributed by atoms with Crippen molar-refractivity contribution in [1.29, 1.82) is 0 Å². The fourth-order valence-corrected chi connectivity index (χ4v) is 4.64. The highest BCUT2D eigenvalue weighted by molar-refractivity contribution is 7.92. The maximum Gasteiger partial charge on any atom is 0.416 e. The van der Waals surface area contributed by atoms with Crippen LogP contribution in [0.3, 0.4) is 0 Å². The molecule has 2 amide bonds. The Labute approximate surface area is 224 Å². The fourth-order valence-electron chi connectivity index (χ4n) is 3.32. The molecule has 2 aromatic rings. The number of anilines is 1. The van der Waals surface area contributed by atoms with Crippen molar-refractivity contribution in [2.45, 2.75) is 39.5 Å². The summed E-state index contributed by atoms with van der Waals surface area (Å²) in [5.41, 5.74) is -1.16. The number of alkyl halides is 3. The molecule has 2 aromatic carbocycles. The number of amides is 2. The Morgan fingerprint density at radius 2 is 1.65 bits per heavy atom. The summed E-state index contributed by atoms with van der Waals surface area (Å²) < 4.78 is 65.6. The summed E-state index contributed by atoms with van der Waals surface area (Å²) >= 11 is 12.3. The Hall–Kier alpha value is -2.50. The van der Waals surface area contributed by atoms with Gasteiger partial charge < -0.3 is 10.2 Å². The van der Waals surface area contributed by atoms with Gasteiger partial charge >= 0.3 is 6.18 Å². The normalized spacial score (nSPS) is 12.8. The lowest BCUT2D eigenvalue weighted by atomic mass is 10.1. The third-order valence-corrected chi connectivity index (χ3v) is 7.19. The molecule has 204 valence electrons. The largest absolute Gasteiger partial charge is 0.416 e. The van der Waals surface area contributed by atoms with Crippen LogP contribution in [0.4, 0.5) is 18.9 Å². The number of carbonyl (C=O) groups excluding carboxylic acids is 2. The van der Waals surface area contributed by atoms with E-state index in [4.69, 9.17) is 23.2 Å². The molecule has 0 aromatic heterocycles. The summed E-state index contributed by atoms with van der Waals surface area (Å²) in [6, 6.07) is 7.71. The van der Waals surface area contributed by atoms with E-state index in [-0.39, 0.29) is 17.5 Å². The monoisotopic (exact) mass is 581 g/mol. The number of sulfonamides is 1. The van der Waals surface area contributed by atoms with E-state index in [1.807, 2.05) is 13.8 Å². The van der Waals surface area contributed by atoms with Crippen molar-refractivity contribution in [2.75, 3.05) is 23.7 Å². The first kappa shape index (κ1) is 30.7. The van der Waals surface area contributed by atoms with E-state index < -0.39 is 51.9 Å². The maximum absolute atomic E-state index is 13.5. The second-order valence-corrected chi connectivity index (χ2v) is 11.6. The Morgan fingerprint density at radius 1 is 1.03 bits per heavy atom. The number of hydrogen-bond donors (Lipinski definition) is 1. The van der Waals surface area contributed by atoms with Crippen molar-refractivity contribution in [3.8, 4) is 0 Å². The fraction of sp³-hybridized carbons (Fsp3) is 0.417. The van der Waals surface area contributed by atoms with Crippen LogP contribution in [0.5, 0.6) is 0 Å². The molecule has 0 saturated heterocycles. The van der Waals surface area contributed by atoms with Gasteiger partial charge in [0.05, 0.1) is 22.5 Å². The zero-order valence-electron chi connectivity index (χ0n) is 20.6. The van der Waals surface area contributed by atoms with Crippen molar-refractivity contribution in [2.24, 2.45) is 5.92 Å². The van der Waals surface area contributed by atoms with Gasteiger partial charge in [0.1, 0.15) is 12.6 Å². The highest BCUT2D eigenvalue weighted by Crippen LogP contribution is 2.36. The molecule has 0 spiro atoms. The van der Waals surface area contributed by atoms with Gasteiger partial charge in [-0.15, -0.1) is 0 Å². The van der Waals surface area contributed by atoms with Crippen LogP contribution in [0.25, 0.3) is 0 Å². The summed E-state index contributed by atoms with van der Waals surface area (Å²) in [6.45, 7) is 4.54. The lowest BCUT2D eigenvalue weighted by Gasteiger charge is -2.32. The Kier molecular flexibility index (Phi) is 10.3. The molecule has 0 bridgehead atoms. The van der Waals surface area contributed by atoms with Crippen molar-refractivity contribution in [1.82, 2.24) is 10.2 Å². The van der Waals surface area contributed by atoms with E-state index in [0.29, 0.717) is 33.6 Å². The first-order chi connectivity index (χ1) is 17.0. The summed E-state index contributed by atoms with van der Waals surface area (Å²) in [4.78, 5) is 27.4. The van der Waals surface area contributed by atoms with Gasteiger partial charge in [-0.1, -0.05) is 55.2 Å². The molecule has 0 unspecified atom stereocenters. The molecule has 0 radical (unpaired) electrons. The molecule has 1 atom stereocenters. The predicted molar refractivity (Wildman–Crippen MR) is 138 cm³/mol. The van der Waals surface area contributed by atoms with Crippen LogP contribution in [-0.2, 0) is 32.3 Å². The standard InChI is InChI=1S/C24H28Cl2F3N3O4S/c1-15(2)12-30-23(34)16(3)31(13-17-7-5-6-8-19(17)25)22(33)14-32(37(4,35)36)21-11-18(24(27,28)29)9-10-20(21)26/h5-11,15-16H,12-14H2,1-4H3,(H,30,34)/t16-/m0/s1. The summed E-state index contributed by atoms with van der Waals surface area (Å²) in [5, 5.41) is 2.74. The second kappa shape index (κ2) is 12.4. The molecule has 0 aliphatic heterocycles. The second-order valence-electron chi connectivity index (χ2n) is 8.86. The SMILES string of the molecule is CC(C)CNC(=O)[C@H](C)N(Cc1ccccc1Cl)C(=O)CN(c1cc(C(F)(F)F)ccc1Cl)S(C)(=O)=O. The van der Waals surface area contributed by atoms with Gasteiger partial charge in [0.15, 0.2) is 0 Å². The smallest absolute Gasteiger partial charge is 0.354 e. The molecule has 7 nitrogen and oxygen atoms in total. The van der Waals surface area contributed by atoms with E-state index in [0.717, 1.165) is 17.2 Å². The van der Waals surface area contributed by atoms with E-state index >= 15 is 0 Å². The summed E-state index contributed by atoms with van der Waals surface area (Å²) in [5.74, 6) is -1.20. The van der Waals surface area contributed by atoms with Crippen LogP contribution in [0.15, 0.2) is 42.5 Å². The number of carbonyl (C=O) groups is 2. The highest BCUT2D eigenvalue weighted by Gasteiger charge is 2.34. The van der Waals surface area contributed by atoms with Crippen LogP contribution in [-0.4, -0.2) is 50.5 Å². The first-order valence-corrected chi connectivity index (χ1v) is 13.8. The van der Waals surface area contributed by atoms with Crippen molar-refractivity contribution in [3.05, 3.63) is 63.6 Å². The van der Waals surface area contributed by atoms with Gasteiger partial charge in [-0.2, -0.15) is 13.2 Å². The molecule has 0 heterocycles. The Balaban J connectivity index is 2.49. The van der Waals surface area contributed by atoms with Gasteiger partial charge in [-0.25, -0.2) is 8.42 Å². The third-order valence-electron chi connectivity index (χ3n) is 5.37. The topological polar surface area (TPSA) is 86.8 Å². The van der Waals surface area contributed by atoms with E-state index in [1.54, 1.807) is 24.3 Å². The van der Waals surface area contributed by atoms with E-state index in [1.165, 1.54) is 6.92 Å². The molecule has 0 aliphatic carbocycles. The highest BCUT2D eigenvalue weighted by atomic mass is 35.5. The van der Waals surface area contributed by atoms with E-state index in [2.05, 4.69) is 5.32 Å². The average molecular weight is 582 g/mol. The molecule has 13 heteroatoms. The van der Waals surface area contributed by atoms with Crippen LogP contribution in [0, 0.1) is 5.92 Å². The average Bonchev–Trinajstić information content (AvgIpc) is 2.79. The zero-order valence-corrected chi connectivity index (χ0v) is 23.0. The molecular formula is C24H28Cl2F3N3O4S. The van der Waals surface area contributed by atoms with Crippen LogP contribution >= 0.6 is 23.2 Å². The number of hydrogen-bond acceptors (Lipinski definition) is 4. The lowest BCUT2D eigenvalue weighted by molar-refractivity contribution is -0.139. The summed E-state index contributed by atoms with van der Waals surface area (Å²) in [6.07, 6.45) is -4.03. The van der Waals surface area contributed by atoms with E-state index in [9.17, 15) is 31.2 Å². The Morgan fingerprint density at radius 3 is 2.19 bits per heavy atom. The molecule has 0 aliphatic rings. The number of halogens is 5. The molecule has 2 rings (SSSR count). The van der Waals surface area contributed by atoms with Crippen LogP contribution < -0.4 is 9.62 Å². The molecule has 1 N–H and O–H groups in total. The number of nitrogens with one attached hydrogen (secondary N) is 1. The summed E-state index contributed by atoms with van der Waals surface area (Å²) in [7, 11) is -4.27. The van der Waals surface area contributed by atoms with Crippen molar-refractivity contribution >= 4 is 50.7 Å². The van der Waals surface area contributed by atoms with Gasteiger partial charge in [-0.3, -0.25) is 13.9 Å². The lowest BCUT2D eigenvalue weighted by Crippen LogP contribution is -2.51. The molecular weight excluding hydrogens is 554 g/mol. The van der Waals surface area contributed by atoms with Gasteiger partial charge in [0.2, 0.25) is 21.8 Å². The minimum atomic E-state index is -4.77. The molecule has 0 saturated carbocycles. The van der Waals surface area contributed by atoms with Crippen LogP contribution in [0.1, 0.15) is 31.9 Å². The predicted octanol–water partition coefficient (Wildman–Crippen LogP) is 4.97. The first-order valence-electron chi connectivity index (χ1n) is 11.2. The van der Waals surface area contributed by atoms with Crippen molar-refractivity contribution in [3.63, 3.8) is 0 Å². The Bertz CT molecular complexity index is 1240. The van der Waals surface area contributed by atoms with Crippen molar-refractivity contribution < 1.29 is 31.2 Å². The van der Waals surface area contributed by atoms with Gasteiger partial charge in [0.25, 0.3) is 0 Å². The third kappa shape index (κ3) is 8.51. The van der Waals surface area contributed by atoms with Gasteiger partial charge in [0, 0.05) is 18.1 Å². The minimum absolute atomic E-state index is 0.132. The molecule has 0 fully saturated rings. The number of rotatable bonds is 10. The molecule has 37 heavy (non-hydrogen) atoms. The minimum Gasteiger partial charge on any atom is -0.354 e.